The highest BCUT2D eigenvalue weighted by Gasteiger charge is 2.43. The van der Waals surface area contributed by atoms with Gasteiger partial charge in [0.05, 0.1) is 19.5 Å². The van der Waals surface area contributed by atoms with E-state index in [2.05, 4.69) is 25.3 Å². The van der Waals surface area contributed by atoms with Gasteiger partial charge in [0, 0.05) is 6.54 Å². The zero-order valence-electron chi connectivity index (χ0n) is 14.7. The summed E-state index contributed by atoms with van der Waals surface area (Å²) >= 11 is 0. The van der Waals surface area contributed by atoms with E-state index in [1.807, 2.05) is 13.0 Å². The van der Waals surface area contributed by atoms with E-state index in [-0.39, 0.29) is 6.61 Å². The van der Waals surface area contributed by atoms with E-state index in [1.54, 1.807) is 6.33 Å². The molecule has 0 aromatic carbocycles. The molecule has 11 nitrogen and oxygen atoms in total. The molecule has 0 radical (unpaired) electrons. The normalized spacial score (nSPS) is 29.2. The fourth-order valence-electron chi connectivity index (χ4n) is 2.70. The molecule has 3 rings (SSSR count). The Kier molecular flexibility index (Phi) is 6.31. The molecular formula is C16H23N5O6. The van der Waals surface area contributed by atoms with E-state index in [0.29, 0.717) is 23.5 Å². The van der Waals surface area contributed by atoms with Gasteiger partial charge in [-0.25, -0.2) is 15.0 Å². The van der Waals surface area contributed by atoms with Gasteiger partial charge >= 0.3 is 0 Å². The van der Waals surface area contributed by atoms with Crippen molar-refractivity contribution in [2.45, 2.75) is 37.6 Å². The second-order valence-corrected chi connectivity index (χ2v) is 6.26. The number of nitrogens with zero attached hydrogens (tertiary/aromatic N) is 3. The van der Waals surface area contributed by atoms with Crippen LogP contribution >= 0.6 is 0 Å². The molecule has 1 saturated heterocycles. The molecule has 6 N–H and O–H groups in total. The Morgan fingerprint density at radius 3 is 2.85 bits per heavy atom. The molecule has 0 aliphatic carbocycles. The molecule has 2 unspecified atom stereocenters. The third-order valence-electron chi connectivity index (χ3n) is 4.27. The summed E-state index contributed by atoms with van der Waals surface area (Å²) in [6, 6.07) is 0. The molecule has 2 aromatic heterocycles. The van der Waals surface area contributed by atoms with Crippen molar-refractivity contribution in [2.24, 2.45) is 0 Å². The molecule has 0 spiro atoms. The summed E-state index contributed by atoms with van der Waals surface area (Å²) in [6.07, 6.45) is -1.58. The van der Waals surface area contributed by atoms with Crippen molar-refractivity contribution in [2.75, 3.05) is 25.1 Å². The molecule has 3 heterocycles. The number of fused-ring (bicyclic) bond motifs is 1. The molecule has 27 heavy (non-hydrogen) atoms. The van der Waals surface area contributed by atoms with Gasteiger partial charge in [-0.3, -0.25) is 0 Å². The monoisotopic (exact) mass is 381 g/mol. The van der Waals surface area contributed by atoms with E-state index in [9.17, 15) is 20.4 Å². The van der Waals surface area contributed by atoms with Crippen molar-refractivity contribution in [3.8, 4) is 0 Å². The number of rotatable bonds is 7. The number of ether oxygens (including phenoxy) is 2. The first-order valence-corrected chi connectivity index (χ1v) is 8.47. The maximum atomic E-state index is 9.94. The Bertz CT molecular complexity index is 782. The number of aromatic amines is 1. The molecular weight excluding hydrogens is 358 g/mol. The number of imidazole rings is 1. The van der Waals surface area contributed by atoms with Crippen LogP contribution in [0.3, 0.4) is 0 Å². The maximum Gasteiger partial charge on any atom is 0.187 e. The first kappa shape index (κ1) is 19.6. The Morgan fingerprint density at radius 2 is 2.07 bits per heavy atom. The lowest BCUT2D eigenvalue weighted by Crippen LogP contribution is -2.59. The number of hydrogen-bond donors (Lipinski definition) is 6. The van der Waals surface area contributed by atoms with E-state index >= 15 is 0 Å². The smallest absolute Gasteiger partial charge is 0.187 e. The van der Waals surface area contributed by atoms with Crippen LogP contribution in [0.4, 0.5) is 5.82 Å². The van der Waals surface area contributed by atoms with Crippen molar-refractivity contribution in [1.82, 2.24) is 19.9 Å². The topological polar surface area (TPSA) is 166 Å². The minimum atomic E-state index is -1.46. The molecule has 2 aromatic rings. The summed E-state index contributed by atoms with van der Waals surface area (Å²) in [5.74, 6) is 0.622. The Balaban J connectivity index is 1.51. The number of H-pyrrole nitrogens is 1. The van der Waals surface area contributed by atoms with Gasteiger partial charge in [-0.05, 0) is 12.5 Å². The maximum absolute atomic E-state index is 9.94. The molecule has 1 aliphatic heterocycles. The fraction of sp³-hybridized carbons (Fsp3) is 0.562. The van der Waals surface area contributed by atoms with Crippen molar-refractivity contribution in [1.29, 1.82) is 0 Å². The average molecular weight is 381 g/mol. The van der Waals surface area contributed by atoms with Crippen LogP contribution in [0, 0.1) is 0 Å². The van der Waals surface area contributed by atoms with E-state index in [1.165, 1.54) is 6.33 Å². The summed E-state index contributed by atoms with van der Waals surface area (Å²) in [5, 5.41) is 41.8. The third-order valence-corrected chi connectivity index (χ3v) is 4.27. The van der Waals surface area contributed by atoms with Gasteiger partial charge < -0.3 is 40.2 Å². The van der Waals surface area contributed by atoms with Gasteiger partial charge in [-0.15, -0.1) is 0 Å². The summed E-state index contributed by atoms with van der Waals surface area (Å²) in [6.45, 7) is 1.94. The summed E-state index contributed by atoms with van der Waals surface area (Å²) in [7, 11) is 0. The van der Waals surface area contributed by atoms with E-state index < -0.39 is 37.3 Å². The van der Waals surface area contributed by atoms with E-state index in [0.717, 1.165) is 5.57 Å². The highest BCUT2D eigenvalue weighted by Crippen LogP contribution is 2.22. The second kappa shape index (κ2) is 8.69. The average Bonchev–Trinajstić information content (AvgIpc) is 3.15. The Labute approximate surface area is 154 Å². The largest absolute Gasteiger partial charge is 0.394 e. The zero-order chi connectivity index (χ0) is 19.4. The van der Waals surface area contributed by atoms with Crippen molar-refractivity contribution < 1.29 is 29.9 Å². The van der Waals surface area contributed by atoms with Crippen LogP contribution in [0.1, 0.15) is 6.92 Å². The van der Waals surface area contributed by atoms with Crippen LogP contribution in [-0.4, -0.2) is 90.8 Å². The third kappa shape index (κ3) is 4.40. The molecule has 0 bridgehead atoms. The first-order chi connectivity index (χ1) is 13.0. The van der Waals surface area contributed by atoms with Crippen LogP contribution in [0.2, 0.25) is 0 Å². The van der Waals surface area contributed by atoms with Crippen LogP contribution in [0.25, 0.3) is 11.2 Å². The number of aromatic nitrogens is 4. The Morgan fingerprint density at radius 1 is 1.26 bits per heavy atom. The number of aliphatic hydroxyl groups is 4. The SMILES string of the molecule is C/C(=C\CNc1ncnc2nc[nH]c12)CO[C@@H]1O[C@H](CO)C(O)[C@H](O)C1O. The van der Waals surface area contributed by atoms with Crippen molar-refractivity contribution >= 4 is 17.0 Å². The first-order valence-electron chi connectivity index (χ1n) is 8.47. The highest BCUT2D eigenvalue weighted by atomic mass is 16.7. The molecule has 5 atom stereocenters. The minimum absolute atomic E-state index is 0.133. The predicted molar refractivity (Wildman–Crippen MR) is 93.6 cm³/mol. The second-order valence-electron chi connectivity index (χ2n) is 6.26. The minimum Gasteiger partial charge on any atom is -0.394 e. The van der Waals surface area contributed by atoms with Gasteiger partial charge in [0.15, 0.2) is 17.8 Å². The molecule has 1 fully saturated rings. The van der Waals surface area contributed by atoms with Gasteiger partial charge in [-0.2, -0.15) is 0 Å². The van der Waals surface area contributed by atoms with Crippen LogP contribution < -0.4 is 5.32 Å². The fourth-order valence-corrected chi connectivity index (χ4v) is 2.70. The lowest BCUT2D eigenvalue weighted by molar-refractivity contribution is -0.299. The molecule has 0 saturated carbocycles. The highest BCUT2D eigenvalue weighted by molar-refractivity contribution is 5.81. The van der Waals surface area contributed by atoms with Gasteiger partial charge in [-0.1, -0.05) is 6.08 Å². The standard InChI is InChI=1S/C16H23N5O6/c1-8(2-3-17-14-10-15(19-6-18-10)21-7-20-14)5-26-16-13(25)12(24)11(23)9(4-22)27-16/h2,6-7,9,11-13,16,22-25H,3-5H2,1H3,(H2,17,18,19,20,21)/b8-2+/t9-,11?,12+,13?,16-/m1/s1. The summed E-state index contributed by atoms with van der Waals surface area (Å²) in [4.78, 5) is 15.2. The van der Waals surface area contributed by atoms with Crippen molar-refractivity contribution in [3.05, 3.63) is 24.3 Å². The molecule has 1 aliphatic rings. The molecule has 11 heteroatoms. The van der Waals surface area contributed by atoms with E-state index in [4.69, 9.17) is 9.47 Å². The lowest BCUT2D eigenvalue weighted by atomic mass is 9.99. The summed E-state index contributed by atoms with van der Waals surface area (Å²) in [5.41, 5.74) is 2.12. The van der Waals surface area contributed by atoms with Crippen LogP contribution in [0.5, 0.6) is 0 Å². The van der Waals surface area contributed by atoms with Crippen LogP contribution in [-0.2, 0) is 9.47 Å². The number of hydrogen-bond acceptors (Lipinski definition) is 10. The molecule has 148 valence electrons. The number of aliphatic hydroxyl groups excluding tert-OH is 4. The van der Waals surface area contributed by atoms with Gasteiger partial charge in [0.1, 0.15) is 36.3 Å². The number of anilines is 1. The predicted octanol–water partition coefficient (Wildman–Crippen LogP) is -1.47. The quantitative estimate of drug-likeness (QED) is 0.312. The van der Waals surface area contributed by atoms with Gasteiger partial charge in [0.2, 0.25) is 0 Å². The zero-order valence-corrected chi connectivity index (χ0v) is 14.7. The Hall–Kier alpha value is -2.15. The van der Waals surface area contributed by atoms with Crippen molar-refractivity contribution in [3.63, 3.8) is 0 Å². The van der Waals surface area contributed by atoms with Crippen LogP contribution in [0.15, 0.2) is 24.3 Å². The molecule has 0 amide bonds. The summed E-state index contributed by atoms with van der Waals surface area (Å²) < 4.78 is 10.8. The number of nitrogens with one attached hydrogen (secondary N) is 2. The van der Waals surface area contributed by atoms with Gasteiger partial charge in [0.25, 0.3) is 0 Å². The lowest BCUT2D eigenvalue weighted by Gasteiger charge is -2.39.